The van der Waals surface area contributed by atoms with Gasteiger partial charge >= 0.3 is 0 Å². The monoisotopic (exact) mass is 421 g/mol. The van der Waals surface area contributed by atoms with Gasteiger partial charge in [-0.05, 0) is 30.3 Å². The number of carbonyl (C=O) groups is 2. The lowest BCUT2D eigenvalue weighted by molar-refractivity contribution is -0.680. The zero-order valence-electron chi connectivity index (χ0n) is 16.2. The highest BCUT2D eigenvalue weighted by Crippen LogP contribution is 2.27. The van der Waals surface area contributed by atoms with Crippen molar-refractivity contribution in [3.05, 3.63) is 47.5 Å². The van der Waals surface area contributed by atoms with E-state index < -0.39 is 17.9 Å². The number of benzene rings is 2. The molecule has 1 amide bonds. The Labute approximate surface area is 174 Å². The maximum absolute atomic E-state index is 12.2. The molecule has 0 unspecified atom stereocenters. The number of nitrogens with one attached hydrogen (secondary N) is 2. The Morgan fingerprint density at radius 2 is 1.86 bits per heavy atom. The Balaban J connectivity index is 1.83. The first-order valence-electron chi connectivity index (χ1n) is 8.99. The highest BCUT2D eigenvalue weighted by Gasteiger charge is 2.18. The van der Waals surface area contributed by atoms with Gasteiger partial charge in [0, 0.05) is 5.69 Å². The van der Waals surface area contributed by atoms with Crippen LogP contribution in [0.5, 0.6) is 11.5 Å². The standard InChI is InChI=1S/C20H24ClN3O5/c1-28-17-8-7-13(11-14(17)21)24-19(25)12-16(20(26)27)23-10-9-22-15-5-3-4-6-18(15)29-2/h3-8,11,16,22-23H,9-10,12H2,1-2H3,(H,24,25)(H,26,27)/t16-/m1/s1. The van der Waals surface area contributed by atoms with E-state index in [-0.39, 0.29) is 6.42 Å². The summed E-state index contributed by atoms with van der Waals surface area (Å²) in [6.07, 6.45) is -0.235. The van der Waals surface area contributed by atoms with Crippen LogP contribution in [-0.2, 0) is 9.59 Å². The van der Waals surface area contributed by atoms with Gasteiger partial charge in [0.25, 0.3) is 0 Å². The zero-order chi connectivity index (χ0) is 21.2. The number of rotatable bonds is 11. The van der Waals surface area contributed by atoms with Crippen LogP contribution < -0.4 is 30.5 Å². The van der Waals surface area contributed by atoms with Crippen LogP contribution in [0.1, 0.15) is 6.42 Å². The molecule has 156 valence electrons. The Morgan fingerprint density at radius 1 is 1.14 bits per heavy atom. The number of carboxylic acids is 1. The van der Waals surface area contributed by atoms with Crippen molar-refractivity contribution in [3.8, 4) is 11.5 Å². The summed E-state index contributed by atoms with van der Waals surface area (Å²) in [5.41, 5.74) is 1.26. The number of aliphatic carboxylic acids is 1. The van der Waals surface area contributed by atoms with Crippen molar-refractivity contribution in [3.63, 3.8) is 0 Å². The van der Waals surface area contributed by atoms with E-state index in [9.17, 15) is 14.7 Å². The Morgan fingerprint density at radius 3 is 2.52 bits per heavy atom. The van der Waals surface area contributed by atoms with Gasteiger partial charge in [0.2, 0.25) is 5.91 Å². The third kappa shape index (κ3) is 6.85. The second kappa shape index (κ2) is 11.1. The molecular formula is C20H24ClN3O5. The number of hydrogen-bond donors (Lipinski definition) is 3. The molecule has 2 rings (SSSR count). The van der Waals surface area contributed by atoms with E-state index in [1.54, 1.807) is 24.6 Å². The van der Waals surface area contributed by atoms with E-state index in [0.717, 1.165) is 5.69 Å². The maximum Gasteiger partial charge on any atom is 0.230 e. The Kier molecular flexibility index (Phi) is 8.57. The van der Waals surface area contributed by atoms with Crippen molar-refractivity contribution in [1.29, 1.82) is 0 Å². The predicted octanol–water partition coefficient (Wildman–Crippen LogP) is 0.480. The molecule has 8 nitrogen and oxygen atoms in total. The van der Waals surface area contributed by atoms with Crippen LogP contribution in [0, 0.1) is 0 Å². The van der Waals surface area contributed by atoms with Crippen LogP contribution in [0.15, 0.2) is 42.5 Å². The molecule has 0 aliphatic rings. The van der Waals surface area contributed by atoms with Crippen molar-refractivity contribution in [1.82, 2.24) is 0 Å². The second-order valence-corrected chi connectivity index (χ2v) is 6.59. The normalized spacial score (nSPS) is 11.4. The largest absolute Gasteiger partial charge is 0.544 e. The third-order valence-electron chi connectivity index (χ3n) is 4.16. The summed E-state index contributed by atoms with van der Waals surface area (Å²) < 4.78 is 10.3. The molecule has 1 atom stereocenters. The van der Waals surface area contributed by atoms with E-state index in [1.165, 1.54) is 13.2 Å². The van der Waals surface area contributed by atoms with Gasteiger partial charge in [-0.1, -0.05) is 23.7 Å². The first kappa shape index (κ1) is 22.3. The smallest absolute Gasteiger partial charge is 0.230 e. The van der Waals surface area contributed by atoms with E-state index in [2.05, 4.69) is 10.6 Å². The quantitative estimate of drug-likeness (QED) is 0.454. The molecular weight excluding hydrogens is 398 g/mol. The molecule has 29 heavy (non-hydrogen) atoms. The average Bonchev–Trinajstić information content (AvgIpc) is 2.70. The maximum atomic E-state index is 12.2. The van der Waals surface area contributed by atoms with E-state index in [4.69, 9.17) is 21.1 Å². The molecule has 0 radical (unpaired) electrons. The van der Waals surface area contributed by atoms with E-state index in [1.807, 2.05) is 24.3 Å². The molecule has 4 N–H and O–H groups in total. The Hall–Kier alpha value is -2.97. The van der Waals surface area contributed by atoms with Crippen LogP contribution in [0.3, 0.4) is 0 Å². The summed E-state index contributed by atoms with van der Waals surface area (Å²) in [6, 6.07) is 11.2. The minimum atomic E-state index is -1.30. The number of para-hydroxylation sites is 2. The molecule has 0 saturated carbocycles. The molecule has 2 aromatic carbocycles. The summed E-state index contributed by atoms with van der Waals surface area (Å²) in [5.74, 6) is -0.575. The molecule has 0 heterocycles. The van der Waals surface area contributed by atoms with Crippen molar-refractivity contribution in [2.75, 3.05) is 37.9 Å². The van der Waals surface area contributed by atoms with Crippen LogP contribution in [0.2, 0.25) is 5.02 Å². The number of halogens is 1. The zero-order valence-corrected chi connectivity index (χ0v) is 17.0. The highest BCUT2D eigenvalue weighted by molar-refractivity contribution is 6.32. The van der Waals surface area contributed by atoms with Crippen LogP contribution in [-0.4, -0.2) is 45.2 Å². The summed E-state index contributed by atoms with van der Waals surface area (Å²) in [7, 11) is 3.07. The van der Waals surface area contributed by atoms with Crippen LogP contribution in [0.4, 0.5) is 11.4 Å². The van der Waals surface area contributed by atoms with Gasteiger partial charge in [-0.25, -0.2) is 0 Å². The number of quaternary nitrogens is 1. The van der Waals surface area contributed by atoms with Crippen molar-refractivity contribution < 1.29 is 29.5 Å². The summed E-state index contributed by atoms with van der Waals surface area (Å²) in [4.78, 5) is 23.6. The number of methoxy groups -OCH3 is 2. The molecule has 0 spiro atoms. The SMILES string of the molecule is COc1ccc(NC(=O)C[C@@H]([NH2+]CCNc2ccccc2OC)C(=O)[O-])cc1Cl. The fourth-order valence-electron chi connectivity index (χ4n) is 2.70. The summed E-state index contributed by atoms with van der Waals surface area (Å²) in [6.45, 7) is 0.915. The van der Waals surface area contributed by atoms with E-state index >= 15 is 0 Å². The van der Waals surface area contributed by atoms with Gasteiger partial charge < -0.3 is 35.3 Å². The summed E-state index contributed by atoms with van der Waals surface area (Å²) in [5, 5.41) is 19.1. The van der Waals surface area contributed by atoms with Gasteiger partial charge in [0.15, 0.2) is 0 Å². The number of carboxylic acid groups (broad SMARTS) is 1. The average molecular weight is 422 g/mol. The lowest BCUT2D eigenvalue weighted by atomic mass is 10.2. The lowest BCUT2D eigenvalue weighted by Crippen LogP contribution is -2.94. The van der Waals surface area contributed by atoms with E-state index in [0.29, 0.717) is 35.3 Å². The van der Waals surface area contributed by atoms with Crippen LogP contribution >= 0.6 is 11.6 Å². The number of amides is 1. The molecule has 2 aromatic rings. The molecule has 0 saturated heterocycles. The highest BCUT2D eigenvalue weighted by atomic mass is 35.5. The van der Waals surface area contributed by atoms with Gasteiger partial charge in [0.1, 0.15) is 17.5 Å². The molecule has 9 heteroatoms. The third-order valence-corrected chi connectivity index (χ3v) is 4.46. The lowest BCUT2D eigenvalue weighted by Gasteiger charge is -2.17. The van der Waals surface area contributed by atoms with Gasteiger partial charge in [-0.15, -0.1) is 0 Å². The Bertz CT molecular complexity index is 847. The van der Waals surface area contributed by atoms with Gasteiger partial charge in [0.05, 0.1) is 50.4 Å². The first-order chi connectivity index (χ1) is 13.9. The van der Waals surface area contributed by atoms with Crippen molar-refractivity contribution in [2.45, 2.75) is 12.5 Å². The molecule has 0 aliphatic heterocycles. The first-order valence-corrected chi connectivity index (χ1v) is 9.37. The fourth-order valence-corrected chi connectivity index (χ4v) is 2.96. The van der Waals surface area contributed by atoms with Crippen LogP contribution in [0.25, 0.3) is 0 Å². The number of ether oxygens (including phenoxy) is 2. The van der Waals surface area contributed by atoms with Crippen molar-refractivity contribution >= 4 is 34.9 Å². The molecule has 0 aromatic heterocycles. The number of carbonyl (C=O) groups excluding carboxylic acids is 2. The minimum absolute atomic E-state index is 0.235. The number of hydrogen-bond acceptors (Lipinski definition) is 6. The second-order valence-electron chi connectivity index (χ2n) is 6.18. The summed E-state index contributed by atoms with van der Waals surface area (Å²) >= 11 is 6.02. The van der Waals surface area contributed by atoms with Crippen molar-refractivity contribution in [2.24, 2.45) is 0 Å². The molecule has 0 bridgehead atoms. The number of nitrogens with two attached hydrogens (primary N) is 1. The fraction of sp³-hybridized carbons (Fsp3) is 0.300. The minimum Gasteiger partial charge on any atom is -0.544 e. The predicted molar refractivity (Wildman–Crippen MR) is 108 cm³/mol. The van der Waals surface area contributed by atoms with Gasteiger partial charge in [-0.2, -0.15) is 0 Å². The molecule has 0 fully saturated rings. The number of anilines is 2. The molecule has 0 aliphatic carbocycles. The van der Waals surface area contributed by atoms with Gasteiger partial charge in [-0.3, -0.25) is 4.79 Å². The topological polar surface area (TPSA) is 116 Å².